The quantitative estimate of drug-likeness (QED) is 0.270. The zero-order chi connectivity index (χ0) is 11.4. The summed E-state index contributed by atoms with van der Waals surface area (Å²) in [6, 6.07) is -1.07. The zero-order valence-corrected chi connectivity index (χ0v) is 7.98. The molecule has 1 rings (SSSR count). The normalized spacial score (nSPS) is 34.6. The largest absolute Gasteiger partial charge is 0.467 e. The monoisotopic (exact) mass is 217 g/mol. The maximum atomic E-state index is 11.2. The molecule has 0 aliphatic carbocycles. The highest BCUT2D eigenvalue weighted by atomic mass is 16.6. The van der Waals surface area contributed by atoms with Gasteiger partial charge in [-0.15, -0.1) is 0 Å². The minimum absolute atomic E-state index is 0.466. The van der Waals surface area contributed by atoms with E-state index in [2.05, 4.69) is 14.8 Å². The van der Waals surface area contributed by atoms with Crippen molar-refractivity contribution in [2.45, 2.75) is 24.4 Å². The number of rotatable bonds is 3. The Morgan fingerprint density at radius 3 is 2.87 bits per heavy atom. The Kier molecular flexibility index (Phi) is 3.87. The van der Waals surface area contributed by atoms with Crippen molar-refractivity contribution in [1.82, 2.24) is 0 Å². The highest BCUT2D eigenvalue weighted by Gasteiger charge is 2.47. The van der Waals surface area contributed by atoms with Gasteiger partial charge in [0, 0.05) is 4.91 Å². The molecule has 2 N–H and O–H groups in total. The van der Waals surface area contributed by atoms with Crippen LogP contribution in [0.2, 0.25) is 0 Å². The molecule has 8 heteroatoms. The molecule has 1 saturated heterocycles. The molecule has 1 fully saturated rings. The lowest BCUT2D eigenvalue weighted by atomic mass is 10.1. The van der Waals surface area contributed by atoms with Crippen LogP contribution in [0.25, 0.3) is 10.4 Å². The average molecular weight is 217 g/mol. The summed E-state index contributed by atoms with van der Waals surface area (Å²) < 4.78 is 9.41. The number of hydrogen-bond acceptors (Lipinski definition) is 6. The van der Waals surface area contributed by atoms with Gasteiger partial charge < -0.3 is 19.7 Å². The van der Waals surface area contributed by atoms with Gasteiger partial charge in [-0.2, -0.15) is 0 Å². The fraction of sp³-hybridized carbons (Fsp3) is 0.857. The maximum Gasteiger partial charge on any atom is 0.335 e. The van der Waals surface area contributed by atoms with Gasteiger partial charge in [-0.05, 0) is 5.53 Å². The van der Waals surface area contributed by atoms with Crippen LogP contribution in [0.3, 0.4) is 0 Å². The van der Waals surface area contributed by atoms with Crippen LogP contribution in [0, 0.1) is 0 Å². The van der Waals surface area contributed by atoms with Crippen LogP contribution in [-0.4, -0.2) is 54.3 Å². The third-order valence-electron chi connectivity index (χ3n) is 2.16. The van der Waals surface area contributed by atoms with Gasteiger partial charge in [0.15, 0.2) is 6.10 Å². The summed E-state index contributed by atoms with van der Waals surface area (Å²) in [5.41, 5.74) is 8.25. The number of carbonyl (C=O) groups excluding carboxylic acids is 1. The van der Waals surface area contributed by atoms with E-state index in [0.29, 0.717) is 0 Å². The number of nitrogens with zero attached hydrogens (tertiary/aromatic N) is 3. The van der Waals surface area contributed by atoms with Crippen molar-refractivity contribution in [3.8, 4) is 0 Å². The number of hydrogen-bond donors (Lipinski definition) is 2. The van der Waals surface area contributed by atoms with E-state index in [9.17, 15) is 9.90 Å². The molecule has 84 valence electrons. The Morgan fingerprint density at radius 1 is 1.73 bits per heavy atom. The molecular formula is C7H11N3O5. The first-order valence-electron chi connectivity index (χ1n) is 4.22. The SMILES string of the molecule is COC(=O)[C@H]1O[C@H](CO)[C@H](O)[C@@H]1N=[N+]=[N-]. The van der Waals surface area contributed by atoms with E-state index in [-0.39, 0.29) is 0 Å². The Morgan fingerprint density at radius 2 is 2.40 bits per heavy atom. The first-order valence-corrected chi connectivity index (χ1v) is 4.22. The van der Waals surface area contributed by atoms with Crippen LogP contribution < -0.4 is 0 Å². The minimum atomic E-state index is -1.21. The molecule has 0 bridgehead atoms. The predicted octanol–water partition coefficient (Wildman–Crippen LogP) is -1.04. The van der Waals surface area contributed by atoms with Gasteiger partial charge >= 0.3 is 5.97 Å². The first-order chi connectivity index (χ1) is 7.15. The fourth-order valence-electron chi connectivity index (χ4n) is 1.40. The highest BCUT2D eigenvalue weighted by Crippen LogP contribution is 2.24. The third kappa shape index (κ3) is 2.18. The lowest BCUT2D eigenvalue weighted by Gasteiger charge is -2.11. The van der Waals surface area contributed by atoms with Crippen molar-refractivity contribution in [2.75, 3.05) is 13.7 Å². The summed E-state index contributed by atoms with van der Waals surface area (Å²) in [7, 11) is 1.15. The molecular weight excluding hydrogens is 206 g/mol. The molecule has 0 radical (unpaired) electrons. The third-order valence-corrected chi connectivity index (χ3v) is 2.16. The smallest absolute Gasteiger partial charge is 0.335 e. The summed E-state index contributed by atoms with van der Waals surface area (Å²) in [5, 5.41) is 21.6. The topological polar surface area (TPSA) is 125 Å². The van der Waals surface area contributed by atoms with Gasteiger partial charge in [-0.1, -0.05) is 5.11 Å². The molecule has 0 unspecified atom stereocenters. The van der Waals surface area contributed by atoms with E-state index in [4.69, 9.17) is 15.4 Å². The minimum Gasteiger partial charge on any atom is -0.467 e. The molecule has 0 saturated carbocycles. The van der Waals surface area contributed by atoms with E-state index in [0.717, 1.165) is 7.11 Å². The Labute approximate surface area is 85.0 Å². The lowest BCUT2D eigenvalue weighted by Crippen LogP contribution is -2.35. The molecule has 0 aromatic rings. The van der Waals surface area contributed by atoms with Crippen molar-refractivity contribution in [3.63, 3.8) is 0 Å². The Balaban J connectivity index is 2.86. The average Bonchev–Trinajstić information content (AvgIpc) is 2.56. The van der Waals surface area contributed by atoms with E-state index >= 15 is 0 Å². The standard InChI is InChI=1S/C7H11N3O5/c1-14-7(13)6-4(9-10-8)5(12)3(2-11)15-6/h3-6,11-12H,2H2,1H3/t3-,4+,5+,6+/m1/s1. The number of carbonyl (C=O) groups is 1. The van der Waals surface area contributed by atoms with E-state index in [1.54, 1.807) is 0 Å². The van der Waals surface area contributed by atoms with Gasteiger partial charge in [0.2, 0.25) is 0 Å². The number of aliphatic hydroxyl groups excluding tert-OH is 2. The van der Waals surface area contributed by atoms with Crippen LogP contribution in [-0.2, 0) is 14.3 Å². The second kappa shape index (κ2) is 4.94. The van der Waals surface area contributed by atoms with Crippen molar-refractivity contribution in [2.24, 2.45) is 5.11 Å². The molecule has 1 aliphatic rings. The second-order valence-corrected chi connectivity index (χ2v) is 2.99. The van der Waals surface area contributed by atoms with E-state index in [1.165, 1.54) is 0 Å². The highest BCUT2D eigenvalue weighted by molar-refractivity contribution is 5.76. The molecule has 0 aromatic carbocycles. The summed E-state index contributed by atoms with van der Waals surface area (Å²) in [6.07, 6.45) is -3.32. The van der Waals surface area contributed by atoms with Gasteiger partial charge in [-0.3, -0.25) is 0 Å². The molecule has 0 aromatic heterocycles. The van der Waals surface area contributed by atoms with Crippen LogP contribution in [0.5, 0.6) is 0 Å². The Bertz CT molecular complexity index is 290. The van der Waals surface area contributed by atoms with Crippen LogP contribution in [0.4, 0.5) is 0 Å². The molecule has 0 amide bonds. The van der Waals surface area contributed by atoms with Gasteiger partial charge in [0.05, 0.1) is 19.8 Å². The summed E-state index contributed by atoms with van der Waals surface area (Å²) in [6.45, 7) is -0.466. The van der Waals surface area contributed by atoms with E-state index in [1.807, 2.05) is 0 Å². The molecule has 15 heavy (non-hydrogen) atoms. The molecule has 8 nitrogen and oxygen atoms in total. The number of aliphatic hydroxyl groups is 2. The predicted molar refractivity (Wildman–Crippen MR) is 46.7 cm³/mol. The summed E-state index contributed by atoms with van der Waals surface area (Å²) in [5.74, 6) is -0.748. The maximum absolute atomic E-state index is 11.2. The zero-order valence-electron chi connectivity index (χ0n) is 7.98. The Hall–Kier alpha value is -1.34. The van der Waals surface area contributed by atoms with E-state index < -0.39 is 36.9 Å². The van der Waals surface area contributed by atoms with Crippen molar-refractivity contribution in [3.05, 3.63) is 10.4 Å². The lowest BCUT2D eigenvalue weighted by molar-refractivity contribution is -0.154. The van der Waals surface area contributed by atoms with Gasteiger partial charge in [0.1, 0.15) is 12.1 Å². The van der Waals surface area contributed by atoms with Gasteiger partial charge in [0.25, 0.3) is 0 Å². The first kappa shape index (κ1) is 11.7. The van der Waals surface area contributed by atoms with Crippen molar-refractivity contribution in [1.29, 1.82) is 0 Å². The van der Waals surface area contributed by atoms with Crippen LogP contribution >= 0.6 is 0 Å². The fourth-order valence-corrected chi connectivity index (χ4v) is 1.40. The molecule has 0 spiro atoms. The number of azide groups is 1. The number of esters is 1. The van der Waals surface area contributed by atoms with Crippen molar-refractivity contribution >= 4 is 5.97 Å². The van der Waals surface area contributed by atoms with Gasteiger partial charge in [-0.25, -0.2) is 4.79 Å². The molecule has 4 atom stereocenters. The number of methoxy groups -OCH3 is 1. The molecule has 1 heterocycles. The second-order valence-electron chi connectivity index (χ2n) is 2.99. The van der Waals surface area contributed by atoms with Crippen LogP contribution in [0.1, 0.15) is 0 Å². The van der Waals surface area contributed by atoms with Crippen LogP contribution in [0.15, 0.2) is 5.11 Å². The van der Waals surface area contributed by atoms with Crippen molar-refractivity contribution < 1.29 is 24.5 Å². The molecule has 1 aliphatic heterocycles. The summed E-state index contributed by atoms with van der Waals surface area (Å²) >= 11 is 0. The summed E-state index contributed by atoms with van der Waals surface area (Å²) in [4.78, 5) is 13.7. The number of ether oxygens (including phenoxy) is 2.